The first-order valence-corrected chi connectivity index (χ1v) is 7.32. The minimum atomic E-state index is -1.21. The Balaban J connectivity index is 2.24. The van der Waals surface area contributed by atoms with E-state index in [1.807, 2.05) is 0 Å². The van der Waals surface area contributed by atoms with Crippen LogP contribution in [0.3, 0.4) is 0 Å². The quantitative estimate of drug-likeness (QED) is 0.756. The van der Waals surface area contributed by atoms with Gasteiger partial charge in [0.25, 0.3) is 0 Å². The maximum absolute atomic E-state index is 11.3. The topological polar surface area (TPSA) is 87.5 Å². The van der Waals surface area contributed by atoms with Crippen LogP contribution in [0.4, 0.5) is 0 Å². The Labute approximate surface area is 133 Å². The molecule has 0 aliphatic rings. The number of thiazole rings is 1. The fraction of sp³-hybridized carbons (Fsp3) is 0. The molecule has 0 saturated carbocycles. The number of carboxylic acids is 2. The van der Waals surface area contributed by atoms with Crippen LogP contribution >= 0.6 is 22.9 Å². The molecule has 1 heterocycles. The second kappa shape index (κ2) is 5.40. The van der Waals surface area contributed by atoms with E-state index in [9.17, 15) is 14.7 Å². The summed E-state index contributed by atoms with van der Waals surface area (Å²) in [5, 5.41) is 19.5. The van der Waals surface area contributed by atoms with Crippen molar-refractivity contribution in [3.63, 3.8) is 0 Å². The first-order valence-electron chi connectivity index (χ1n) is 6.13. The monoisotopic (exact) mass is 333 g/mol. The SMILES string of the molecule is O=C(O)c1cc(C(=O)O)c2nc(-c3ccc(Cl)cc3)sc2c1. The fourth-order valence-electron chi connectivity index (χ4n) is 2.03. The van der Waals surface area contributed by atoms with E-state index in [0.29, 0.717) is 14.7 Å². The van der Waals surface area contributed by atoms with Crippen molar-refractivity contribution in [1.29, 1.82) is 0 Å². The normalized spacial score (nSPS) is 10.8. The van der Waals surface area contributed by atoms with Gasteiger partial charge >= 0.3 is 11.9 Å². The molecular weight excluding hydrogens is 326 g/mol. The predicted molar refractivity (Wildman–Crippen MR) is 84.0 cm³/mol. The molecule has 2 aromatic carbocycles. The molecule has 3 aromatic rings. The zero-order valence-electron chi connectivity index (χ0n) is 10.9. The number of carboxylic acid groups (broad SMARTS) is 2. The van der Waals surface area contributed by atoms with E-state index in [1.54, 1.807) is 24.3 Å². The van der Waals surface area contributed by atoms with Crippen LogP contribution in [0.2, 0.25) is 5.02 Å². The van der Waals surface area contributed by atoms with Crippen LogP contribution < -0.4 is 0 Å². The number of aromatic nitrogens is 1. The molecule has 0 bridgehead atoms. The molecule has 0 radical (unpaired) electrons. The van der Waals surface area contributed by atoms with Crippen molar-refractivity contribution in [3.05, 3.63) is 52.5 Å². The molecule has 7 heteroatoms. The van der Waals surface area contributed by atoms with Gasteiger partial charge in [0.15, 0.2) is 0 Å². The van der Waals surface area contributed by atoms with Crippen molar-refractivity contribution in [2.24, 2.45) is 0 Å². The molecular formula is C15H8ClNO4S. The van der Waals surface area contributed by atoms with Crippen LogP contribution in [0.15, 0.2) is 36.4 Å². The lowest BCUT2D eigenvalue weighted by Gasteiger charge is -1.99. The number of carbonyl (C=O) groups is 2. The molecule has 5 nitrogen and oxygen atoms in total. The molecule has 22 heavy (non-hydrogen) atoms. The second-order valence-corrected chi connectivity index (χ2v) is 5.97. The molecule has 0 saturated heterocycles. The van der Waals surface area contributed by atoms with Gasteiger partial charge in [-0.25, -0.2) is 14.6 Å². The molecule has 0 aliphatic heterocycles. The molecule has 0 spiro atoms. The third kappa shape index (κ3) is 2.54. The summed E-state index contributed by atoms with van der Waals surface area (Å²) < 4.78 is 0.516. The number of hydrogen-bond donors (Lipinski definition) is 2. The van der Waals surface area contributed by atoms with E-state index in [2.05, 4.69) is 4.98 Å². The van der Waals surface area contributed by atoms with Crippen molar-refractivity contribution < 1.29 is 19.8 Å². The summed E-state index contributed by atoms with van der Waals surface area (Å²) in [5.41, 5.74) is 0.883. The van der Waals surface area contributed by atoms with Gasteiger partial charge in [-0.15, -0.1) is 11.3 Å². The summed E-state index contributed by atoms with van der Waals surface area (Å²) in [6, 6.07) is 9.53. The van der Waals surface area contributed by atoms with Gasteiger partial charge in [-0.05, 0) is 24.3 Å². The molecule has 0 unspecified atom stereocenters. The number of rotatable bonds is 3. The lowest BCUT2D eigenvalue weighted by atomic mass is 10.1. The average molecular weight is 334 g/mol. The van der Waals surface area contributed by atoms with E-state index in [-0.39, 0.29) is 16.6 Å². The summed E-state index contributed by atoms with van der Waals surface area (Å²) in [4.78, 5) is 26.8. The average Bonchev–Trinajstić information content (AvgIpc) is 2.90. The van der Waals surface area contributed by atoms with Crippen molar-refractivity contribution in [3.8, 4) is 10.6 Å². The summed E-state index contributed by atoms with van der Waals surface area (Å²) in [7, 11) is 0. The first-order chi connectivity index (χ1) is 10.5. The molecule has 2 N–H and O–H groups in total. The number of benzene rings is 2. The number of aromatic carboxylic acids is 2. The highest BCUT2D eigenvalue weighted by molar-refractivity contribution is 7.21. The van der Waals surface area contributed by atoms with Gasteiger partial charge in [-0.2, -0.15) is 0 Å². The number of fused-ring (bicyclic) bond motifs is 1. The van der Waals surface area contributed by atoms with Crippen LogP contribution in [0, 0.1) is 0 Å². The van der Waals surface area contributed by atoms with Crippen LogP contribution in [-0.4, -0.2) is 27.1 Å². The van der Waals surface area contributed by atoms with Crippen molar-refractivity contribution in [2.45, 2.75) is 0 Å². The summed E-state index contributed by atoms with van der Waals surface area (Å²) >= 11 is 7.08. The molecule has 1 aromatic heterocycles. The molecule has 3 rings (SSSR count). The Morgan fingerprint density at radius 3 is 2.32 bits per heavy atom. The zero-order chi connectivity index (χ0) is 15.9. The minimum Gasteiger partial charge on any atom is -0.478 e. The molecule has 110 valence electrons. The Morgan fingerprint density at radius 2 is 1.73 bits per heavy atom. The van der Waals surface area contributed by atoms with Crippen molar-refractivity contribution in [2.75, 3.05) is 0 Å². The highest BCUT2D eigenvalue weighted by Gasteiger charge is 2.18. The summed E-state index contributed by atoms with van der Waals surface area (Å²) in [6.07, 6.45) is 0. The van der Waals surface area contributed by atoms with E-state index in [4.69, 9.17) is 16.7 Å². The van der Waals surface area contributed by atoms with Crippen molar-refractivity contribution in [1.82, 2.24) is 4.98 Å². The summed E-state index contributed by atoms with van der Waals surface area (Å²) in [6.45, 7) is 0. The standard InChI is InChI=1S/C15H8ClNO4S/c16-9-3-1-7(2-4-9)13-17-12-10(15(20)21)5-8(14(18)19)6-11(12)22-13/h1-6H,(H,18,19)(H,20,21). The largest absolute Gasteiger partial charge is 0.478 e. The highest BCUT2D eigenvalue weighted by Crippen LogP contribution is 2.33. The van der Waals surface area contributed by atoms with Crippen LogP contribution in [0.1, 0.15) is 20.7 Å². The van der Waals surface area contributed by atoms with Gasteiger partial charge in [0.05, 0.1) is 21.3 Å². The number of hydrogen-bond acceptors (Lipinski definition) is 4. The third-order valence-corrected chi connectivity index (χ3v) is 4.37. The van der Waals surface area contributed by atoms with Gasteiger partial charge < -0.3 is 10.2 Å². The lowest BCUT2D eigenvalue weighted by Crippen LogP contribution is -2.02. The Bertz CT molecular complexity index is 902. The predicted octanol–water partition coefficient (Wildman–Crippen LogP) is 4.01. The second-order valence-electron chi connectivity index (χ2n) is 4.51. The van der Waals surface area contributed by atoms with E-state index < -0.39 is 11.9 Å². The van der Waals surface area contributed by atoms with Crippen LogP contribution in [-0.2, 0) is 0 Å². The Morgan fingerprint density at radius 1 is 1.05 bits per heavy atom. The number of nitrogens with zero attached hydrogens (tertiary/aromatic N) is 1. The van der Waals surface area contributed by atoms with E-state index in [1.165, 1.54) is 17.4 Å². The van der Waals surface area contributed by atoms with E-state index in [0.717, 1.165) is 11.6 Å². The number of halogens is 1. The maximum Gasteiger partial charge on any atom is 0.337 e. The minimum absolute atomic E-state index is 0.0730. The smallest absolute Gasteiger partial charge is 0.337 e. The van der Waals surface area contributed by atoms with Gasteiger partial charge in [0.2, 0.25) is 0 Å². The van der Waals surface area contributed by atoms with Crippen LogP contribution in [0.25, 0.3) is 20.8 Å². The molecule has 0 atom stereocenters. The molecule has 0 fully saturated rings. The Hall–Kier alpha value is -2.44. The lowest BCUT2D eigenvalue weighted by molar-refractivity contribution is 0.0696. The van der Waals surface area contributed by atoms with Gasteiger partial charge in [-0.3, -0.25) is 0 Å². The first kappa shape index (κ1) is 14.5. The van der Waals surface area contributed by atoms with Crippen LogP contribution in [0.5, 0.6) is 0 Å². The van der Waals surface area contributed by atoms with E-state index >= 15 is 0 Å². The third-order valence-electron chi connectivity index (χ3n) is 3.06. The van der Waals surface area contributed by atoms with Crippen molar-refractivity contribution >= 4 is 45.1 Å². The van der Waals surface area contributed by atoms with Gasteiger partial charge in [0.1, 0.15) is 5.01 Å². The Kier molecular flexibility index (Phi) is 3.56. The zero-order valence-corrected chi connectivity index (χ0v) is 12.5. The van der Waals surface area contributed by atoms with Gasteiger partial charge in [-0.1, -0.05) is 23.7 Å². The molecule has 0 amide bonds. The maximum atomic E-state index is 11.3. The fourth-order valence-corrected chi connectivity index (χ4v) is 3.20. The molecule has 0 aliphatic carbocycles. The van der Waals surface area contributed by atoms with Gasteiger partial charge in [0, 0.05) is 10.6 Å². The highest BCUT2D eigenvalue weighted by atomic mass is 35.5. The summed E-state index contributed by atoms with van der Waals surface area (Å²) in [5.74, 6) is -2.38.